The van der Waals surface area contributed by atoms with E-state index >= 15 is 0 Å². The monoisotopic (exact) mass is 200 g/mol. The predicted octanol–water partition coefficient (Wildman–Crippen LogP) is 0.672. The molecule has 0 bridgehead atoms. The van der Waals surface area contributed by atoms with Gasteiger partial charge >= 0.3 is 0 Å². The van der Waals surface area contributed by atoms with Crippen molar-refractivity contribution in [3.05, 3.63) is 0 Å². The zero-order chi connectivity index (χ0) is 11.1. The van der Waals surface area contributed by atoms with Gasteiger partial charge < -0.3 is 10.6 Å². The number of carbonyl (C=O) groups is 2. The van der Waals surface area contributed by atoms with Crippen LogP contribution in [0.4, 0.5) is 0 Å². The van der Waals surface area contributed by atoms with Gasteiger partial charge in [0.05, 0.1) is 0 Å². The van der Waals surface area contributed by atoms with E-state index in [0.717, 1.165) is 0 Å². The molecule has 0 heterocycles. The van der Waals surface area contributed by atoms with Crippen molar-refractivity contribution in [3.63, 3.8) is 0 Å². The molecule has 2 unspecified atom stereocenters. The topological polar surface area (TPSA) is 58.2 Å². The van der Waals surface area contributed by atoms with Crippen molar-refractivity contribution in [2.75, 3.05) is 0 Å². The lowest BCUT2D eigenvalue weighted by atomic mass is 10.0. The summed E-state index contributed by atoms with van der Waals surface area (Å²) < 4.78 is 0. The minimum absolute atomic E-state index is 0.0412. The maximum atomic E-state index is 11.5. The van der Waals surface area contributed by atoms with Gasteiger partial charge in [-0.05, 0) is 27.2 Å². The van der Waals surface area contributed by atoms with Crippen molar-refractivity contribution in [3.8, 4) is 0 Å². The van der Waals surface area contributed by atoms with Crippen molar-refractivity contribution >= 4 is 12.3 Å². The van der Waals surface area contributed by atoms with Crippen molar-refractivity contribution in [1.29, 1.82) is 0 Å². The van der Waals surface area contributed by atoms with Crippen molar-refractivity contribution < 1.29 is 9.59 Å². The van der Waals surface area contributed by atoms with E-state index in [-0.39, 0.29) is 23.9 Å². The van der Waals surface area contributed by atoms with Crippen molar-refractivity contribution in [1.82, 2.24) is 10.6 Å². The van der Waals surface area contributed by atoms with Gasteiger partial charge in [0.1, 0.15) is 0 Å². The van der Waals surface area contributed by atoms with Crippen LogP contribution in [0.25, 0.3) is 0 Å². The van der Waals surface area contributed by atoms with Gasteiger partial charge in [-0.3, -0.25) is 9.59 Å². The Morgan fingerprint density at radius 3 is 2.29 bits per heavy atom. The summed E-state index contributed by atoms with van der Waals surface area (Å²) in [5.74, 6) is -0.0283. The zero-order valence-corrected chi connectivity index (χ0v) is 9.33. The maximum absolute atomic E-state index is 11.5. The highest BCUT2D eigenvalue weighted by molar-refractivity contribution is 5.78. The second-order valence-electron chi connectivity index (χ2n) is 3.99. The molecule has 0 rings (SSSR count). The Labute approximate surface area is 85.4 Å². The van der Waals surface area contributed by atoms with Crippen molar-refractivity contribution in [2.24, 2.45) is 5.92 Å². The molecule has 0 saturated heterocycles. The van der Waals surface area contributed by atoms with Gasteiger partial charge in [-0.2, -0.15) is 0 Å². The molecule has 82 valence electrons. The van der Waals surface area contributed by atoms with E-state index < -0.39 is 0 Å². The van der Waals surface area contributed by atoms with Crippen LogP contribution >= 0.6 is 0 Å². The lowest BCUT2D eigenvalue weighted by Gasteiger charge is -2.17. The molecule has 0 aromatic carbocycles. The molecule has 4 heteroatoms. The molecule has 2 amide bonds. The summed E-state index contributed by atoms with van der Waals surface area (Å²) >= 11 is 0. The Balaban J connectivity index is 3.88. The van der Waals surface area contributed by atoms with Crippen LogP contribution in [-0.2, 0) is 9.59 Å². The molecule has 0 fully saturated rings. The van der Waals surface area contributed by atoms with Gasteiger partial charge in [0.2, 0.25) is 12.3 Å². The van der Waals surface area contributed by atoms with Gasteiger partial charge in [0, 0.05) is 18.0 Å². The van der Waals surface area contributed by atoms with Crippen LogP contribution < -0.4 is 10.6 Å². The maximum Gasteiger partial charge on any atom is 0.223 e. The smallest absolute Gasteiger partial charge is 0.223 e. The average molecular weight is 200 g/mol. The Morgan fingerprint density at radius 1 is 1.29 bits per heavy atom. The molecule has 0 aliphatic carbocycles. The van der Waals surface area contributed by atoms with Gasteiger partial charge in [0.25, 0.3) is 0 Å². The van der Waals surface area contributed by atoms with E-state index in [1.54, 1.807) is 0 Å². The summed E-state index contributed by atoms with van der Waals surface area (Å²) in [6, 6.07) is 0.208. The Morgan fingerprint density at radius 2 is 1.86 bits per heavy atom. The number of carbonyl (C=O) groups excluding carboxylic acids is 2. The summed E-state index contributed by atoms with van der Waals surface area (Å²) in [5.41, 5.74) is 0. The molecule has 0 radical (unpaired) electrons. The van der Waals surface area contributed by atoms with Gasteiger partial charge in [-0.1, -0.05) is 6.92 Å². The molecule has 0 aliphatic heterocycles. The molecule has 0 saturated carbocycles. The van der Waals surface area contributed by atoms with E-state index in [1.807, 2.05) is 27.7 Å². The Kier molecular flexibility index (Phi) is 5.92. The summed E-state index contributed by atoms with van der Waals surface area (Å²) in [7, 11) is 0. The van der Waals surface area contributed by atoms with Crippen LogP contribution in [0.5, 0.6) is 0 Å². The number of hydrogen-bond acceptors (Lipinski definition) is 2. The SMILES string of the molecule is CC(C)NC(=O)C(C)CC(C)NC=O. The fourth-order valence-electron chi connectivity index (χ4n) is 1.25. The van der Waals surface area contributed by atoms with Crippen LogP contribution in [0, 0.1) is 5.92 Å². The first-order valence-electron chi connectivity index (χ1n) is 4.97. The highest BCUT2D eigenvalue weighted by Crippen LogP contribution is 2.05. The minimum Gasteiger partial charge on any atom is -0.356 e. The standard InChI is InChI=1S/C10H20N2O2/c1-7(2)12-10(14)8(3)5-9(4)11-6-13/h6-9H,5H2,1-4H3,(H,11,13)(H,12,14). The van der Waals surface area contributed by atoms with E-state index in [0.29, 0.717) is 12.8 Å². The molecule has 4 nitrogen and oxygen atoms in total. The van der Waals surface area contributed by atoms with E-state index in [4.69, 9.17) is 0 Å². The molecule has 0 spiro atoms. The second-order valence-corrected chi connectivity index (χ2v) is 3.99. The third kappa shape index (κ3) is 5.56. The van der Waals surface area contributed by atoms with Crippen LogP contribution in [-0.4, -0.2) is 24.4 Å². The first-order chi connectivity index (χ1) is 6.47. The van der Waals surface area contributed by atoms with Crippen molar-refractivity contribution in [2.45, 2.75) is 46.2 Å². The highest BCUT2D eigenvalue weighted by atomic mass is 16.2. The largest absolute Gasteiger partial charge is 0.356 e. The van der Waals surface area contributed by atoms with E-state index in [1.165, 1.54) is 0 Å². The Bertz CT molecular complexity index is 193. The summed E-state index contributed by atoms with van der Waals surface area (Å²) in [6.45, 7) is 7.60. The molecular formula is C10H20N2O2. The number of rotatable bonds is 6. The minimum atomic E-state index is -0.0696. The number of amides is 2. The molecule has 0 aromatic heterocycles. The predicted molar refractivity (Wildman–Crippen MR) is 55.7 cm³/mol. The number of nitrogens with one attached hydrogen (secondary N) is 2. The summed E-state index contributed by atoms with van der Waals surface area (Å²) in [6.07, 6.45) is 1.33. The Hall–Kier alpha value is -1.06. The normalized spacial score (nSPS) is 14.6. The van der Waals surface area contributed by atoms with Crippen LogP contribution in [0.2, 0.25) is 0 Å². The second kappa shape index (κ2) is 6.40. The lowest BCUT2D eigenvalue weighted by Crippen LogP contribution is -2.37. The van der Waals surface area contributed by atoms with E-state index in [9.17, 15) is 9.59 Å². The number of hydrogen-bond donors (Lipinski definition) is 2. The quantitative estimate of drug-likeness (QED) is 0.619. The lowest BCUT2D eigenvalue weighted by molar-refractivity contribution is -0.125. The highest BCUT2D eigenvalue weighted by Gasteiger charge is 2.16. The van der Waals surface area contributed by atoms with Gasteiger partial charge in [-0.15, -0.1) is 0 Å². The molecule has 0 aromatic rings. The van der Waals surface area contributed by atoms with Crippen LogP contribution in [0.1, 0.15) is 34.1 Å². The summed E-state index contributed by atoms with van der Waals surface area (Å²) in [5, 5.41) is 5.46. The van der Waals surface area contributed by atoms with Crippen LogP contribution in [0.3, 0.4) is 0 Å². The summed E-state index contributed by atoms with van der Waals surface area (Å²) in [4.78, 5) is 21.6. The van der Waals surface area contributed by atoms with Gasteiger partial charge in [-0.25, -0.2) is 0 Å². The molecule has 0 aliphatic rings. The molecular weight excluding hydrogens is 180 g/mol. The van der Waals surface area contributed by atoms with Gasteiger partial charge in [0.15, 0.2) is 0 Å². The first kappa shape index (κ1) is 12.9. The third-order valence-electron chi connectivity index (χ3n) is 1.94. The third-order valence-corrected chi connectivity index (χ3v) is 1.94. The fourth-order valence-corrected chi connectivity index (χ4v) is 1.25. The fraction of sp³-hybridized carbons (Fsp3) is 0.800. The molecule has 14 heavy (non-hydrogen) atoms. The van der Waals surface area contributed by atoms with Crippen LogP contribution in [0.15, 0.2) is 0 Å². The van der Waals surface area contributed by atoms with E-state index in [2.05, 4.69) is 10.6 Å². The molecule has 2 atom stereocenters. The zero-order valence-electron chi connectivity index (χ0n) is 9.33. The average Bonchev–Trinajstić information content (AvgIpc) is 2.02. The molecule has 2 N–H and O–H groups in total. The first-order valence-corrected chi connectivity index (χ1v) is 4.97.